The topological polar surface area (TPSA) is 58.1 Å². The van der Waals surface area contributed by atoms with Gasteiger partial charge < -0.3 is 25.0 Å². The summed E-state index contributed by atoms with van der Waals surface area (Å²) in [4.78, 5) is 6.42. The van der Waals surface area contributed by atoms with Crippen molar-refractivity contribution >= 4 is 29.9 Å². The van der Waals surface area contributed by atoms with E-state index in [2.05, 4.69) is 46.8 Å². The van der Waals surface area contributed by atoms with Crippen LogP contribution in [0.5, 0.6) is 5.75 Å². The van der Waals surface area contributed by atoms with Crippen LogP contribution in [0.4, 0.5) is 0 Å². The van der Waals surface area contributed by atoms with Crippen molar-refractivity contribution in [1.82, 2.24) is 15.5 Å². The number of hydrogen-bond acceptors (Lipinski definition) is 4. The van der Waals surface area contributed by atoms with E-state index in [9.17, 15) is 0 Å². The highest BCUT2D eigenvalue weighted by Crippen LogP contribution is 2.21. The Morgan fingerprint density at radius 2 is 2.04 bits per heavy atom. The van der Waals surface area contributed by atoms with Crippen molar-refractivity contribution in [1.29, 1.82) is 0 Å². The molecule has 1 rings (SSSR count). The molecule has 0 saturated carbocycles. The number of ether oxygens (including phenoxy) is 2. The monoisotopic (exact) mass is 450 g/mol. The Kier molecular flexibility index (Phi) is 12.7. The van der Waals surface area contributed by atoms with Gasteiger partial charge in [0.1, 0.15) is 5.75 Å². The Morgan fingerprint density at radius 1 is 1.29 bits per heavy atom. The minimum absolute atomic E-state index is 0. The van der Waals surface area contributed by atoms with Gasteiger partial charge in [0.15, 0.2) is 5.96 Å². The van der Waals surface area contributed by atoms with Crippen molar-refractivity contribution in [2.24, 2.45) is 4.99 Å². The Morgan fingerprint density at radius 3 is 2.62 bits per heavy atom. The second-order valence-corrected chi connectivity index (χ2v) is 5.33. The summed E-state index contributed by atoms with van der Waals surface area (Å²) in [5, 5.41) is 6.61. The Bertz CT molecular complexity index is 483. The molecule has 24 heavy (non-hydrogen) atoms. The summed E-state index contributed by atoms with van der Waals surface area (Å²) in [6.07, 6.45) is 0. The van der Waals surface area contributed by atoms with Crippen molar-refractivity contribution in [3.63, 3.8) is 0 Å². The first-order chi connectivity index (χ1) is 11.1. The summed E-state index contributed by atoms with van der Waals surface area (Å²) in [5.41, 5.74) is 1.20. The van der Waals surface area contributed by atoms with Gasteiger partial charge in [-0.1, -0.05) is 12.1 Å². The molecule has 1 aromatic rings. The maximum Gasteiger partial charge on any atom is 0.191 e. The maximum atomic E-state index is 5.32. The number of likely N-dealkylation sites (N-methyl/N-ethyl adjacent to an activating group) is 1. The number of guanidine groups is 1. The van der Waals surface area contributed by atoms with Gasteiger partial charge in [-0.3, -0.25) is 4.99 Å². The molecule has 0 heterocycles. The van der Waals surface area contributed by atoms with Crippen LogP contribution in [-0.4, -0.2) is 65.4 Å². The summed E-state index contributed by atoms with van der Waals surface area (Å²) in [7, 11) is 7.59. The lowest BCUT2D eigenvalue weighted by Crippen LogP contribution is -2.42. The standard InChI is InChI=1S/C17H30N4O2.HI/c1-6-23-11-10-19-17(18-2)20-13-16(21(3)4)14-8-7-9-15(12-14)22-5;/h7-9,12,16H,6,10-11,13H2,1-5H3,(H2,18,19,20);1H. The van der Waals surface area contributed by atoms with Gasteiger partial charge in [-0.05, 0) is 38.7 Å². The zero-order valence-corrected chi connectivity index (χ0v) is 17.7. The van der Waals surface area contributed by atoms with Gasteiger partial charge >= 0.3 is 0 Å². The van der Waals surface area contributed by atoms with Crippen LogP contribution < -0.4 is 15.4 Å². The molecule has 0 amide bonds. The molecule has 2 N–H and O–H groups in total. The fourth-order valence-corrected chi connectivity index (χ4v) is 2.25. The molecule has 0 spiro atoms. The third kappa shape index (κ3) is 8.16. The van der Waals surface area contributed by atoms with E-state index in [-0.39, 0.29) is 30.0 Å². The Balaban J connectivity index is 0.00000529. The van der Waals surface area contributed by atoms with Gasteiger partial charge in [0.2, 0.25) is 0 Å². The van der Waals surface area contributed by atoms with Crippen molar-refractivity contribution < 1.29 is 9.47 Å². The second-order valence-electron chi connectivity index (χ2n) is 5.33. The predicted octanol–water partition coefficient (Wildman–Crippen LogP) is 2.12. The molecule has 0 bridgehead atoms. The van der Waals surface area contributed by atoms with Crippen LogP contribution in [0.2, 0.25) is 0 Å². The lowest BCUT2D eigenvalue weighted by atomic mass is 10.1. The molecular weight excluding hydrogens is 419 g/mol. The van der Waals surface area contributed by atoms with Crippen LogP contribution in [0.15, 0.2) is 29.3 Å². The van der Waals surface area contributed by atoms with Crippen LogP contribution in [0.25, 0.3) is 0 Å². The molecule has 1 aromatic carbocycles. The number of aliphatic imine (C=N–C) groups is 1. The third-order valence-electron chi connectivity index (χ3n) is 3.53. The zero-order chi connectivity index (χ0) is 17.1. The normalized spacial score (nSPS) is 12.5. The van der Waals surface area contributed by atoms with E-state index >= 15 is 0 Å². The molecule has 0 aliphatic heterocycles. The van der Waals surface area contributed by atoms with Gasteiger partial charge in [0.25, 0.3) is 0 Å². The number of rotatable bonds is 9. The number of halogens is 1. The number of hydrogen-bond donors (Lipinski definition) is 2. The molecular formula is C17H31IN4O2. The van der Waals surface area contributed by atoms with E-state index in [4.69, 9.17) is 9.47 Å². The lowest BCUT2D eigenvalue weighted by molar-refractivity contribution is 0.152. The van der Waals surface area contributed by atoms with E-state index in [1.54, 1.807) is 14.2 Å². The fourth-order valence-electron chi connectivity index (χ4n) is 2.25. The van der Waals surface area contributed by atoms with E-state index in [0.29, 0.717) is 6.61 Å². The maximum absolute atomic E-state index is 5.32. The van der Waals surface area contributed by atoms with Crippen LogP contribution in [0, 0.1) is 0 Å². The summed E-state index contributed by atoms with van der Waals surface area (Å²) in [6, 6.07) is 8.37. The van der Waals surface area contributed by atoms with Gasteiger partial charge in [-0.2, -0.15) is 0 Å². The van der Waals surface area contributed by atoms with Gasteiger partial charge in [-0.15, -0.1) is 24.0 Å². The van der Waals surface area contributed by atoms with E-state index in [1.165, 1.54) is 5.56 Å². The Labute approximate surface area is 163 Å². The van der Waals surface area contributed by atoms with E-state index in [1.807, 2.05) is 19.1 Å². The molecule has 6 nitrogen and oxygen atoms in total. The average Bonchev–Trinajstić information content (AvgIpc) is 2.56. The molecule has 138 valence electrons. The van der Waals surface area contributed by atoms with Crippen molar-refractivity contribution in [2.45, 2.75) is 13.0 Å². The first kappa shape index (κ1) is 22.9. The molecule has 1 unspecified atom stereocenters. The average molecular weight is 450 g/mol. The Hall–Kier alpha value is -1.06. The molecule has 0 aromatic heterocycles. The summed E-state index contributed by atoms with van der Waals surface area (Å²) >= 11 is 0. The minimum atomic E-state index is 0. The minimum Gasteiger partial charge on any atom is -0.497 e. The van der Waals surface area contributed by atoms with Crippen molar-refractivity contribution in [3.8, 4) is 5.75 Å². The SMILES string of the molecule is CCOCCNC(=NC)NCC(c1cccc(OC)c1)N(C)C.I. The predicted molar refractivity (Wildman–Crippen MR) is 111 cm³/mol. The van der Waals surface area contributed by atoms with Crippen LogP contribution >= 0.6 is 24.0 Å². The highest BCUT2D eigenvalue weighted by molar-refractivity contribution is 14.0. The molecule has 0 saturated heterocycles. The smallest absolute Gasteiger partial charge is 0.191 e. The third-order valence-corrected chi connectivity index (χ3v) is 3.53. The molecule has 1 atom stereocenters. The van der Waals surface area contributed by atoms with Crippen LogP contribution in [-0.2, 0) is 4.74 Å². The molecule has 0 fully saturated rings. The largest absolute Gasteiger partial charge is 0.497 e. The number of nitrogens with zero attached hydrogens (tertiary/aromatic N) is 2. The molecule has 0 aliphatic carbocycles. The summed E-state index contributed by atoms with van der Waals surface area (Å²) in [5.74, 6) is 1.65. The van der Waals surface area contributed by atoms with Crippen molar-refractivity contribution in [2.75, 3.05) is 54.6 Å². The first-order valence-electron chi connectivity index (χ1n) is 7.95. The summed E-state index contributed by atoms with van der Waals surface area (Å²) < 4.78 is 10.6. The summed E-state index contributed by atoms with van der Waals surface area (Å²) in [6.45, 7) is 4.87. The van der Waals surface area contributed by atoms with Crippen LogP contribution in [0.1, 0.15) is 18.5 Å². The van der Waals surface area contributed by atoms with Crippen molar-refractivity contribution in [3.05, 3.63) is 29.8 Å². The fraction of sp³-hybridized carbons (Fsp3) is 0.588. The van der Waals surface area contributed by atoms with Gasteiger partial charge in [0, 0.05) is 26.7 Å². The first-order valence-corrected chi connectivity index (χ1v) is 7.95. The molecule has 7 heteroatoms. The van der Waals surface area contributed by atoms with E-state index in [0.717, 1.165) is 31.4 Å². The second kappa shape index (κ2) is 13.3. The van der Waals surface area contributed by atoms with E-state index < -0.39 is 0 Å². The zero-order valence-electron chi connectivity index (χ0n) is 15.3. The lowest BCUT2D eigenvalue weighted by Gasteiger charge is -2.26. The van der Waals surface area contributed by atoms with Gasteiger partial charge in [-0.25, -0.2) is 0 Å². The van der Waals surface area contributed by atoms with Crippen LogP contribution in [0.3, 0.4) is 0 Å². The highest BCUT2D eigenvalue weighted by atomic mass is 127. The quantitative estimate of drug-likeness (QED) is 0.261. The molecule has 0 aliphatic rings. The number of benzene rings is 1. The van der Waals surface area contributed by atoms with Gasteiger partial charge in [0.05, 0.1) is 19.8 Å². The molecule has 0 radical (unpaired) electrons. The number of nitrogens with one attached hydrogen (secondary N) is 2. The highest BCUT2D eigenvalue weighted by Gasteiger charge is 2.15. The number of methoxy groups -OCH3 is 1.